The van der Waals surface area contributed by atoms with Crippen molar-refractivity contribution in [1.82, 2.24) is 14.3 Å². The molecule has 2 heterocycles. The van der Waals surface area contributed by atoms with E-state index in [-0.39, 0.29) is 5.78 Å². The molecule has 0 bridgehead atoms. The van der Waals surface area contributed by atoms with Crippen LogP contribution in [-0.2, 0) is 10.5 Å². The maximum absolute atomic E-state index is 11.5. The molecule has 1 N–H and O–H groups in total. The maximum atomic E-state index is 11.5. The molecule has 0 saturated heterocycles. The fraction of sp³-hybridized carbons (Fsp3) is 0.500. The van der Waals surface area contributed by atoms with E-state index in [0.717, 1.165) is 9.36 Å². The first-order valence-electron chi connectivity index (χ1n) is 4.40. The van der Waals surface area contributed by atoms with Gasteiger partial charge in [-0.2, -0.15) is 9.36 Å². The van der Waals surface area contributed by atoms with Crippen LogP contribution < -0.4 is 11.4 Å². The zero-order valence-electron chi connectivity index (χ0n) is 8.57. The van der Waals surface area contributed by atoms with Crippen molar-refractivity contribution >= 4 is 11.6 Å². The molecule has 1 aromatic heterocycles. The first-order valence-corrected chi connectivity index (χ1v) is 4.40. The van der Waals surface area contributed by atoms with Crippen molar-refractivity contribution in [1.29, 1.82) is 0 Å². The molecule has 15 heavy (non-hydrogen) atoms. The fourth-order valence-electron chi connectivity index (χ4n) is 1.70. The lowest BCUT2D eigenvalue weighted by Crippen LogP contribution is -2.41. The number of hydrogen-bond donors (Lipinski definition) is 1. The molecule has 0 fully saturated rings. The van der Waals surface area contributed by atoms with Crippen molar-refractivity contribution in [3.63, 3.8) is 0 Å². The van der Waals surface area contributed by atoms with E-state index in [2.05, 4.69) is 9.98 Å². The summed E-state index contributed by atoms with van der Waals surface area (Å²) in [6.45, 7) is 4.40. The highest BCUT2D eigenvalue weighted by molar-refractivity contribution is 5.91. The molecule has 1 aromatic rings. The molecule has 0 saturated carbocycles. The standard InChI is InChI=1S/C8H10N4O3/c1-4(13)8(3)10-5(2)11-6(14)9-7(15)12(8)11/h1-3H3,(H,9,14,15). The van der Waals surface area contributed by atoms with Crippen molar-refractivity contribution < 1.29 is 4.79 Å². The van der Waals surface area contributed by atoms with Crippen LogP contribution in [-0.4, -0.2) is 26.0 Å². The second kappa shape index (κ2) is 2.56. The predicted molar refractivity (Wildman–Crippen MR) is 52.1 cm³/mol. The van der Waals surface area contributed by atoms with E-state index in [9.17, 15) is 14.4 Å². The van der Waals surface area contributed by atoms with Crippen molar-refractivity contribution in [3.8, 4) is 0 Å². The SMILES string of the molecule is CC(=O)C1(C)N=C(C)n2c(=O)[nH]c(=O)n21. The van der Waals surface area contributed by atoms with E-state index in [1.165, 1.54) is 13.8 Å². The molecule has 1 atom stereocenters. The average molecular weight is 210 g/mol. The molecule has 0 amide bonds. The normalized spacial score (nSPS) is 23.8. The summed E-state index contributed by atoms with van der Waals surface area (Å²) in [5.74, 6) is 0.0326. The number of aliphatic imine (C=N–C) groups is 1. The van der Waals surface area contributed by atoms with Gasteiger partial charge in [-0.05, 0) is 20.8 Å². The number of ketones is 1. The minimum Gasteiger partial charge on any atom is -0.295 e. The summed E-state index contributed by atoms with van der Waals surface area (Å²) in [7, 11) is 0. The minimum absolute atomic E-state index is 0.297. The maximum Gasteiger partial charge on any atom is 0.350 e. The number of Topliss-reactive ketones (excluding diaryl/α,β-unsaturated/α-hetero) is 1. The van der Waals surface area contributed by atoms with Crippen molar-refractivity contribution in [2.75, 3.05) is 0 Å². The Hall–Kier alpha value is -1.92. The van der Waals surface area contributed by atoms with Gasteiger partial charge in [-0.25, -0.2) is 14.6 Å². The summed E-state index contributed by atoms with van der Waals surface area (Å²) in [6.07, 6.45) is 0. The molecule has 7 heteroatoms. The highest BCUT2D eigenvalue weighted by Gasteiger charge is 2.41. The number of carbonyl (C=O) groups excluding carboxylic acids is 1. The van der Waals surface area contributed by atoms with Gasteiger partial charge in [0.05, 0.1) is 0 Å². The van der Waals surface area contributed by atoms with Crippen LogP contribution in [0, 0.1) is 0 Å². The number of hydrogen-bond acceptors (Lipinski definition) is 4. The smallest absolute Gasteiger partial charge is 0.295 e. The predicted octanol–water partition coefficient (Wildman–Crippen LogP) is -1.12. The molecule has 1 unspecified atom stereocenters. The summed E-state index contributed by atoms with van der Waals surface area (Å²) >= 11 is 0. The van der Waals surface area contributed by atoms with Crippen LogP contribution in [0.5, 0.6) is 0 Å². The van der Waals surface area contributed by atoms with Gasteiger partial charge in [0.25, 0.3) is 0 Å². The Morgan fingerprint density at radius 2 is 2.00 bits per heavy atom. The van der Waals surface area contributed by atoms with E-state index < -0.39 is 17.0 Å². The zero-order chi connectivity index (χ0) is 11.4. The number of aromatic nitrogens is 3. The largest absolute Gasteiger partial charge is 0.350 e. The zero-order valence-corrected chi connectivity index (χ0v) is 8.57. The van der Waals surface area contributed by atoms with Crippen LogP contribution in [0.25, 0.3) is 0 Å². The molecule has 0 spiro atoms. The molecule has 0 radical (unpaired) electrons. The van der Waals surface area contributed by atoms with Gasteiger partial charge in [0.15, 0.2) is 5.78 Å². The van der Waals surface area contributed by atoms with Gasteiger partial charge >= 0.3 is 11.4 Å². The number of carbonyl (C=O) groups is 1. The molecular weight excluding hydrogens is 200 g/mol. The third kappa shape index (κ3) is 0.997. The van der Waals surface area contributed by atoms with Crippen molar-refractivity contribution in [2.24, 2.45) is 4.99 Å². The van der Waals surface area contributed by atoms with Gasteiger partial charge < -0.3 is 0 Å². The number of fused-ring (bicyclic) bond motifs is 1. The first kappa shape index (κ1) is 9.63. The second-order valence-corrected chi connectivity index (χ2v) is 3.59. The number of nitrogens with zero attached hydrogens (tertiary/aromatic N) is 3. The summed E-state index contributed by atoms with van der Waals surface area (Å²) in [5, 5.41) is 0. The van der Waals surface area contributed by atoms with E-state index in [1.54, 1.807) is 6.92 Å². The van der Waals surface area contributed by atoms with Crippen LogP contribution in [0.1, 0.15) is 20.8 Å². The summed E-state index contributed by atoms with van der Waals surface area (Å²) in [4.78, 5) is 40.4. The molecule has 2 rings (SSSR count). The monoisotopic (exact) mass is 210 g/mol. The molecule has 7 nitrogen and oxygen atoms in total. The average Bonchev–Trinajstić information content (AvgIpc) is 2.54. The second-order valence-electron chi connectivity index (χ2n) is 3.59. The Balaban J connectivity index is 2.89. The Labute approximate surface area is 84.0 Å². The highest BCUT2D eigenvalue weighted by atomic mass is 16.2. The third-order valence-corrected chi connectivity index (χ3v) is 2.56. The van der Waals surface area contributed by atoms with Gasteiger partial charge in [0, 0.05) is 0 Å². The molecule has 1 aliphatic heterocycles. The Morgan fingerprint density at radius 3 is 2.53 bits per heavy atom. The quantitative estimate of drug-likeness (QED) is 0.636. The lowest BCUT2D eigenvalue weighted by molar-refractivity contribution is -0.124. The van der Waals surface area contributed by atoms with Gasteiger partial charge in [-0.15, -0.1) is 0 Å². The van der Waals surface area contributed by atoms with Crippen LogP contribution in [0.2, 0.25) is 0 Å². The van der Waals surface area contributed by atoms with Crippen LogP contribution in [0.15, 0.2) is 14.6 Å². The molecule has 0 aromatic carbocycles. The first-order chi connectivity index (χ1) is 6.88. The van der Waals surface area contributed by atoms with Gasteiger partial charge in [-0.1, -0.05) is 0 Å². The van der Waals surface area contributed by atoms with Gasteiger partial charge in [0.2, 0.25) is 5.66 Å². The minimum atomic E-state index is -1.31. The topological polar surface area (TPSA) is 89.2 Å². The van der Waals surface area contributed by atoms with Crippen LogP contribution >= 0.6 is 0 Å². The number of nitrogens with one attached hydrogen (secondary N) is 1. The number of rotatable bonds is 1. The number of H-pyrrole nitrogens is 1. The third-order valence-electron chi connectivity index (χ3n) is 2.56. The fourth-order valence-corrected chi connectivity index (χ4v) is 1.70. The van der Waals surface area contributed by atoms with E-state index in [1.807, 2.05) is 0 Å². The lowest BCUT2D eigenvalue weighted by atomic mass is 10.1. The van der Waals surface area contributed by atoms with E-state index in [4.69, 9.17) is 0 Å². The van der Waals surface area contributed by atoms with Crippen molar-refractivity contribution in [3.05, 3.63) is 21.0 Å². The molecule has 1 aliphatic rings. The molecular formula is C8H10N4O3. The molecule has 0 aliphatic carbocycles. The van der Waals surface area contributed by atoms with E-state index in [0.29, 0.717) is 5.84 Å². The van der Waals surface area contributed by atoms with Crippen LogP contribution in [0.4, 0.5) is 0 Å². The van der Waals surface area contributed by atoms with Crippen LogP contribution in [0.3, 0.4) is 0 Å². The van der Waals surface area contributed by atoms with Gasteiger partial charge in [-0.3, -0.25) is 9.78 Å². The summed E-state index contributed by atoms with van der Waals surface area (Å²) in [5.41, 5.74) is -2.51. The number of aromatic amines is 1. The molecule has 80 valence electrons. The Morgan fingerprint density at radius 1 is 1.40 bits per heavy atom. The Bertz CT molecular complexity index is 588. The van der Waals surface area contributed by atoms with Crippen molar-refractivity contribution in [2.45, 2.75) is 26.4 Å². The Kier molecular flexibility index (Phi) is 1.64. The highest BCUT2D eigenvalue weighted by Crippen LogP contribution is 2.21. The van der Waals surface area contributed by atoms with E-state index >= 15 is 0 Å². The summed E-state index contributed by atoms with van der Waals surface area (Å²) < 4.78 is 2.11. The lowest BCUT2D eigenvalue weighted by Gasteiger charge is -2.17. The summed E-state index contributed by atoms with van der Waals surface area (Å²) in [6, 6.07) is 0. The van der Waals surface area contributed by atoms with Gasteiger partial charge in [0.1, 0.15) is 5.84 Å².